The molecular weight excluding hydrogens is 444 g/mol. The van der Waals surface area contributed by atoms with Gasteiger partial charge in [-0.1, -0.05) is 53.6 Å². The van der Waals surface area contributed by atoms with Crippen LogP contribution in [0.2, 0.25) is 0 Å². The molecule has 0 fully saturated rings. The number of anilines is 1. The summed E-state index contributed by atoms with van der Waals surface area (Å²) in [5.41, 5.74) is 6.23. The van der Waals surface area contributed by atoms with E-state index in [1.807, 2.05) is 32.9 Å². The summed E-state index contributed by atoms with van der Waals surface area (Å²) >= 11 is 0. The number of hydrogen-bond donors (Lipinski definition) is 1. The Morgan fingerprint density at radius 3 is 2.12 bits per heavy atom. The van der Waals surface area contributed by atoms with Crippen molar-refractivity contribution < 1.29 is 13.2 Å². The lowest BCUT2D eigenvalue weighted by molar-refractivity contribution is -0.120. The Kier molecular flexibility index (Phi) is 7.08. The van der Waals surface area contributed by atoms with E-state index in [9.17, 15) is 13.2 Å². The lowest BCUT2D eigenvalue weighted by Gasteiger charge is -2.25. The third kappa shape index (κ3) is 5.33. The number of fused-ring (bicyclic) bond motifs is 1. The zero-order chi connectivity index (χ0) is 24.3. The lowest BCUT2D eigenvalue weighted by Crippen LogP contribution is -2.41. The molecule has 3 aromatic carbocycles. The lowest BCUT2D eigenvalue weighted by atomic mass is 9.89. The predicted octanol–water partition coefficient (Wildman–Crippen LogP) is 5.25. The van der Waals surface area contributed by atoms with Gasteiger partial charge in [0.05, 0.1) is 16.6 Å². The highest BCUT2D eigenvalue weighted by Gasteiger charge is 2.27. The summed E-state index contributed by atoms with van der Waals surface area (Å²) < 4.78 is 28.2. The zero-order valence-electron chi connectivity index (χ0n) is 20.0. The maximum absolute atomic E-state index is 13.5. The number of rotatable bonds is 7. The van der Waals surface area contributed by atoms with Crippen molar-refractivity contribution in [3.63, 3.8) is 0 Å². The van der Waals surface area contributed by atoms with Gasteiger partial charge in [0, 0.05) is 0 Å². The molecule has 0 saturated heterocycles. The first-order valence-corrected chi connectivity index (χ1v) is 13.3. The molecule has 0 aliphatic heterocycles. The minimum absolute atomic E-state index is 0.161. The molecule has 1 amide bonds. The van der Waals surface area contributed by atoms with Gasteiger partial charge in [-0.2, -0.15) is 0 Å². The van der Waals surface area contributed by atoms with E-state index < -0.39 is 10.0 Å². The fourth-order valence-corrected chi connectivity index (χ4v) is 5.81. The number of sulfonamides is 1. The number of nitrogens with one attached hydrogen (secondary N) is 1. The highest BCUT2D eigenvalue weighted by molar-refractivity contribution is 7.92. The van der Waals surface area contributed by atoms with Gasteiger partial charge >= 0.3 is 0 Å². The first-order valence-electron chi connectivity index (χ1n) is 11.8. The van der Waals surface area contributed by atoms with E-state index in [0.29, 0.717) is 5.69 Å². The molecule has 0 radical (unpaired) electrons. The van der Waals surface area contributed by atoms with Crippen LogP contribution in [0.3, 0.4) is 0 Å². The van der Waals surface area contributed by atoms with Gasteiger partial charge in [-0.15, -0.1) is 0 Å². The second-order valence-corrected chi connectivity index (χ2v) is 11.0. The van der Waals surface area contributed by atoms with Crippen LogP contribution in [-0.2, 0) is 27.7 Å². The molecule has 1 unspecified atom stereocenters. The highest BCUT2D eigenvalue weighted by atomic mass is 32.2. The Morgan fingerprint density at radius 2 is 1.47 bits per heavy atom. The number of carbonyl (C=O) groups excluding carboxylic acids is 1. The molecule has 34 heavy (non-hydrogen) atoms. The number of aryl methyl sites for hydroxylation is 4. The van der Waals surface area contributed by atoms with Crippen LogP contribution in [0.5, 0.6) is 0 Å². The van der Waals surface area contributed by atoms with Crippen molar-refractivity contribution in [2.45, 2.75) is 57.4 Å². The van der Waals surface area contributed by atoms with E-state index in [-0.39, 0.29) is 23.4 Å². The summed E-state index contributed by atoms with van der Waals surface area (Å²) in [7, 11) is -3.92. The zero-order valence-corrected chi connectivity index (χ0v) is 20.9. The predicted molar refractivity (Wildman–Crippen MR) is 137 cm³/mol. The molecule has 0 saturated carbocycles. The largest absolute Gasteiger partial charge is 0.348 e. The van der Waals surface area contributed by atoms with Gasteiger partial charge in [-0.25, -0.2) is 8.42 Å². The first kappa shape index (κ1) is 24.0. The average Bonchev–Trinajstić information content (AvgIpc) is 2.83. The molecule has 3 aromatic rings. The van der Waals surface area contributed by atoms with Crippen molar-refractivity contribution in [1.29, 1.82) is 0 Å². The molecule has 0 heterocycles. The molecule has 1 N–H and O–H groups in total. The van der Waals surface area contributed by atoms with Gasteiger partial charge in [-0.05, 0) is 87.4 Å². The van der Waals surface area contributed by atoms with Crippen molar-refractivity contribution >= 4 is 21.6 Å². The third-order valence-electron chi connectivity index (χ3n) is 6.47. The summed E-state index contributed by atoms with van der Waals surface area (Å²) in [4.78, 5) is 13.2. The molecule has 0 bridgehead atoms. The van der Waals surface area contributed by atoms with Crippen LogP contribution in [0.4, 0.5) is 5.69 Å². The van der Waals surface area contributed by atoms with Gasteiger partial charge in [0.1, 0.15) is 6.54 Å². The van der Waals surface area contributed by atoms with Crippen molar-refractivity contribution in [2.24, 2.45) is 0 Å². The summed E-state index contributed by atoms with van der Waals surface area (Å²) in [6.07, 6.45) is 4.60. The minimum Gasteiger partial charge on any atom is -0.348 e. The van der Waals surface area contributed by atoms with E-state index in [0.717, 1.165) is 29.5 Å². The van der Waals surface area contributed by atoms with Gasteiger partial charge in [-0.3, -0.25) is 9.10 Å². The van der Waals surface area contributed by atoms with E-state index in [1.54, 1.807) is 36.4 Å². The maximum atomic E-state index is 13.5. The van der Waals surface area contributed by atoms with Gasteiger partial charge in [0.15, 0.2) is 0 Å². The number of benzene rings is 3. The van der Waals surface area contributed by atoms with E-state index in [2.05, 4.69) is 23.5 Å². The molecular formula is C28H32N2O3S. The summed E-state index contributed by atoms with van der Waals surface area (Å²) in [5, 5.41) is 3.00. The van der Waals surface area contributed by atoms with Crippen LogP contribution in [0.25, 0.3) is 0 Å². The van der Waals surface area contributed by atoms with E-state index >= 15 is 0 Å². The normalized spacial score (nSPS) is 14.2. The molecule has 178 valence electrons. The summed E-state index contributed by atoms with van der Waals surface area (Å²) in [5.74, 6) is -0.346. The number of nitrogens with zero attached hydrogens (tertiary/aromatic N) is 1. The molecule has 4 rings (SSSR count). The molecule has 0 spiro atoms. The quantitative estimate of drug-likeness (QED) is 0.506. The average molecular weight is 477 g/mol. The number of carbonyl (C=O) groups is 1. The standard InChI is InChI=1S/C28H32N2O3S/c1-20-8-14-26(15-9-20)30(34(32,33)27-16-10-21(2)11-17-27)19-28(31)29-22(3)24-13-12-23-6-4-5-7-25(23)18-24/h8-18,22H,4-7,19H2,1-3H3,(H,29,31). The van der Waals surface area contributed by atoms with Gasteiger partial charge in [0.2, 0.25) is 5.91 Å². The third-order valence-corrected chi connectivity index (χ3v) is 8.26. The van der Waals surface area contributed by atoms with Gasteiger partial charge < -0.3 is 5.32 Å². The van der Waals surface area contributed by atoms with Gasteiger partial charge in [0.25, 0.3) is 10.0 Å². The Labute approximate surface area is 202 Å². The van der Waals surface area contributed by atoms with Crippen LogP contribution < -0.4 is 9.62 Å². The smallest absolute Gasteiger partial charge is 0.264 e. The molecule has 0 aromatic heterocycles. The molecule has 5 nitrogen and oxygen atoms in total. The van der Waals surface area contributed by atoms with Crippen LogP contribution in [0, 0.1) is 13.8 Å². The monoisotopic (exact) mass is 476 g/mol. The van der Waals surface area contributed by atoms with Crippen molar-refractivity contribution in [3.8, 4) is 0 Å². The van der Waals surface area contributed by atoms with Crippen LogP contribution in [0.15, 0.2) is 71.6 Å². The van der Waals surface area contributed by atoms with Crippen LogP contribution >= 0.6 is 0 Å². The first-order chi connectivity index (χ1) is 16.2. The SMILES string of the molecule is Cc1ccc(N(CC(=O)NC(C)c2ccc3c(c2)CCCC3)S(=O)(=O)c2ccc(C)cc2)cc1. The Morgan fingerprint density at radius 1 is 0.882 bits per heavy atom. The Hall–Kier alpha value is -3.12. The number of amides is 1. The molecule has 6 heteroatoms. The molecule has 1 aliphatic carbocycles. The summed E-state index contributed by atoms with van der Waals surface area (Å²) in [6.45, 7) is 5.49. The fraction of sp³-hybridized carbons (Fsp3) is 0.321. The van der Waals surface area contributed by atoms with Crippen molar-refractivity contribution in [1.82, 2.24) is 5.32 Å². The topological polar surface area (TPSA) is 66.5 Å². The fourth-order valence-electron chi connectivity index (χ4n) is 4.39. The molecule has 1 atom stereocenters. The molecule has 1 aliphatic rings. The van der Waals surface area contributed by atoms with Crippen molar-refractivity contribution in [2.75, 3.05) is 10.8 Å². The van der Waals surface area contributed by atoms with Crippen LogP contribution in [-0.4, -0.2) is 20.9 Å². The second-order valence-electron chi connectivity index (χ2n) is 9.18. The minimum atomic E-state index is -3.92. The van der Waals surface area contributed by atoms with Crippen molar-refractivity contribution in [3.05, 3.63) is 94.5 Å². The Balaban J connectivity index is 1.56. The highest BCUT2D eigenvalue weighted by Crippen LogP contribution is 2.26. The van der Waals surface area contributed by atoms with E-state index in [4.69, 9.17) is 0 Å². The van der Waals surface area contributed by atoms with Crippen LogP contribution in [0.1, 0.15) is 53.6 Å². The van der Waals surface area contributed by atoms with E-state index in [1.165, 1.54) is 28.3 Å². The Bertz CT molecular complexity index is 1270. The summed E-state index contributed by atoms with van der Waals surface area (Å²) in [6, 6.07) is 20.0. The number of hydrogen-bond acceptors (Lipinski definition) is 3. The maximum Gasteiger partial charge on any atom is 0.264 e. The second kappa shape index (κ2) is 10.0.